The molecule has 5 nitrogen and oxygen atoms in total. The molecule has 0 saturated carbocycles. The number of amides is 1. The van der Waals surface area contributed by atoms with E-state index in [1.165, 1.54) is 18.2 Å². The second-order valence-electron chi connectivity index (χ2n) is 6.53. The highest BCUT2D eigenvalue weighted by atomic mass is 79.9. The molecular formula is C20H19BrF2N4O. The molecule has 146 valence electrons. The summed E-state index contributed by atoms with van der Waals surface area (Å²) in [6.07, 6.45) is 0.251. The van der Waals surface area contributed by atoms with Gasteiger partial charge in [-0.2, -0.15) is 5.26 Å². The summed E-state index contributed by atoms with van der Waals surface area (Å²) in [5.41, 5.74) is 0.949. The predicted octanol–water partition coefficient (Wildman–Crippen LogP) is 3.75. The maximum atomic E-state index is 14.1. The normalized spacial score (nSPS) is 14.6. The Balaban J connectivity index is 1.47. The average molecular weight is 449 g/mol. The first-order valence-corrected chi connectivity index (χ1v) is 9.67. The number of benzene rings is 2. The van der Waals surface area contributed by atoms with Crippen LogP contribution in [0.15, 0.2) is 40.9 Å². The van der Waals surface area contributed by atoms with Crippen molar-refractivity contribution >= 4 is 33.2 Å². The van der Waals surface area contributed by atoms with Gasteiger partial charge in [0.05, 0.1) is 23.0 Å². The van der Waals surface area contributed by atoms with Crippen LogP contribution in [0.4, 0.5) is 20.2 Å². The second kappa shape index (κ2) is 9.13. The molecule has 0 unspecified atom stereocenters. The summed E-state index contributed by atoms with van der Waals surface area (Å²) in [4.78, 5) is 16.1. The van der Waals surface area contributed by atoms with Crippen molar-refractivity contribution in [3.05, 3.63) is 58.1 Å². The molecule has 0 radical (unpaired) electrons. The lowest BCUT2D eigenvalue weighted by atomic mass is 10.1. The largest absolute Gasteiger partial charge is 0.367 e. The number of nitrogens with one attached hydrogen (secondary N) is 1. The van der Waals surface area contributed by atoms with Gasteiger partial charge in [-0.15, -0.1) is 0 Å². The summed E-state index contributed by atoms with van der Waals surface area (Å²) in [5, 5.41) is 11.4. The van der Waals surface area contributed by atoms with Crippen LogP contribution in [0.5, 0.6) is 0 Å². The first-order valence-electron chi connectivity index (χ1n) is 8.88. The van der Waals surface area contributed by atoms with Gasteiger partial charge in [-0.1, -0.05) is 15.9 Å². The third kappa shape index (κ3) is 5.06. The minimum absolute atomic E-state index is 0.161. The zero-order valence-electron chi connectivity index (χ0n) is 15.1. The van der Waals surface area contributed by atoms with Crippen molar-refractivity contribution < 1.29 is 13.6 Å². The lowest BCUT2D eigenvalue weighted by molar-refractivity contribution is -0.116. The van der Waals surface area contributed by atoms with E-state index in [0.717, 1.165) is 0 Å². The number of nitrogens with zero attached hydrogens (tertiary/aromatic N) is 3. The second-order valence-corrected chi connectivity index (χ2v) is 7.44. The zero-order chi connectivity index (χ0) is 20.1. The van der Waals surface area contributed by atoms with Crippen LogP contribution in [0.25, 0.3) is 0 Å². The Morgan fingerprint density at radius 2 is 1.86 bits per heavy atom. The third-order valence-corrected chi connectivity index (χ3v) is 5.14. The molecule has 8 heteroatoms. The molecule has 1 amide bonds. The molecule has 28 heavy (non-hydrogen) atoms. The highest BCUT2D eigenvalue weighted by Crippen LogP contribution is 2.22. The maximum absolute atomic E-state index is 14.1. The van der Waals surface area contributed by atoms with E-state index in [2.05, 4.69) is 26.1 Å². The summed E-state index contributed by atoms with van der Waals surface area (Å²) in [6.45, 7) is 3.20. The number of halogens is 3. The Labute approximate surface area is 170 Å². The van der Waals surface area contributed by atoms with E-state index in [1.807, 2.05) is 11.0 Å². The molecule has 1 heterocycles. The molecule has 3 rings (SSSR count). The molecule has 1 aliphatic heterocycles. The Bertz CT molecular complexity index is 908. The molecule has 1 N–H and O–H groups in total. The van der Waals surface area contributed by atoms with E-state index in [4.69, 9.17) is 5.26 Å². The van der Waals surface area contributed by atoms with Crippen LogP contribution in [0.2, 0.25) is 0 Å². The van der Waals surface area contributed by atoms with Crippen molar-refractivity contribution in [3.8, 4) is 6.07 Å². The van der Waals surface area contributed by atoms with Gasteiger partial charge in [-0.05, 0) is 36.4 Å². The van der Waals surface area contributed by atoms with Crippen LogP contribution in [-0.4, -0.2) is 43.5 Å². The van der Waals surface area contributed by atoms with Crippen molar-refractivity contribution in [2.24, 2.45) is 0 Å². The minimum atomic E-state index is -0.485. The fourth-order valence-electron chi connectivity index (χ4n) is 3.11. The monoisotopic (exact) mass is 448 g/mol. The first kappa shape index (κ1) is 20.2. The quantitative estimate of drug-likeness (QED) is 0.756. The number of nitriles is 1. The van der Waals surface area contributed by atoms with Crippen LogP contribution in [0, 0.1) is 23.0 Å². The summed E-state index contributed by atoms with van der Waals surface area (Å²) in [7, 11) is 0. The van der Waals surface area contributed by atoms with Crippen LogP contribution >= 0.6 is 15.9 Å². The summed E-state index contributed by atoms with van der Waals surface area (Å²) in [5.74, 6) is -1.13. The van der Waals surface area contributed by atoms with Gasteiger partial charge in [0.15, 0.2) is 0 Å². The van der Waals surface area contributed by atoms with Crippen LogP contribution in [0.1, 0.15) is 12.0 Å². The van der Waals surface area contributed by atoms with Crippen molar-refractivity contribution in [1.29, 1.82) is 5.26 Å². The standard InChI is InChI=1S/C20H19BrF2N4O/c21-15-2-3-18(16(22)12-15)25-20(28)5-6-26-7-9-27(10-8-26)19-4-1-14(13-24)11-17(19)23/h1-4,11-12H,5-10H2,(H,25,28). The van der Waals surface area contributed by atoms with Crippen molar-refractivity contribution in [1.82, 2.24) is 4.90 Å². The van der Waals surface area contributed by atoms with Crippen LogP contribution in [0.3, 0.4) is 0 Å². The van der Waals surface area contributed by atoms with Gasteiger partial charge in [0.1, 0.15) is 11.6 Å². The molecule has 0 aromatic heterocycles. The predicted molar refractivity (Wildman–Crippen MR) is 107 cm³/mol. The summed E-state index contributed by atoms with van der Waals surface area (Å²) >= 11 is 3.18. The number of carbonyl (C=O) groups is 1. The van der Waals surface area contributed by atoms with Gasteiger partial charge in [0.2, 0.25) is 5.91 Å². The zero-order valence-corrected chi connectivity index (χ0v) is 16.7. The van der Waals surface area contributed by atoms with E-state index >= 15 is 0 Å². The van der Waals surface area contributed by atoms with E-state index < -0.39 is 11.6 Å². The Morgan fingerprint density at radius 1 is 1.11 bits per heavy atom. The van der Waals surface area contributed by atoms with E-state index in [9.17, 15) is 13.6 Å². The fraction of sp³-hybridized carbons (Fsp3) is 0.300. The highest BCUT2D eigenvalue weighted by molar-refractivity contribution is 9.10. The smallest absolute Gasteiger partial charge is 0.225 e. The first-order chi connectivity index (χ1) is 13.5. The van der Waals surface area contributed by atoms with Crippen LogP contribution < -0.4 is 10.2 Å². The van der Waals surface area contributed by atoms with E-state index in [-0.39, 0.29) is 18.0 Å². The minimum Gasteiger partial charge on any atom is -0.367 e. The molecule has 2 aromatic carbocycles. The molecule has 0 aliphatic carbocycles. The SMILES string of the molecule is N#Cc1ccc(N2CCN(CCC(=O)Nc3ccc(Br)cc3F)CC2)c(F)c1. The number of hydrogen-bond acceptors (Lipinski definition) is 4. The molecule has 0 spiro atoms. The Morgan fingerprint density at radius 3 is 2.50 bits per heavy atom. The molecule has 0 atom stereocenters. The van der Waals surface area contributed by atoms with Gasteiger partial charge < -0.3 is 10.2 Å². The van der Waals surface area contributed by atoms with Crippen molar-refractivity contribution in [2.75, 3.05) is 42.9 Å². The van der Waals surface area contributed by atoms with E-state index in [1.54, 1.807) is 18.2 Å². The molecule has 1 saturated heterocycles. The lowest BCUT2D eigenvalue weighted by Gasteiger charge is -2.36. The number of hydrogen-bond donors (Lipinski definition) is 1. The Kier molecular flexibility index (Phi) is 6.60. The molecule has 0 bridgehead atoms. The van der Waals surface area contributed by atoms with Crippen molar-refractivity contribution in [3.63, 3.8) is 0 Å². The molecular weight excluding hydrogens is 430 g/mol. The highest BCUT2D eigenvalue weighted by Gasteiger charge is 2.20. The van der Waals surface area contributed by atoms with Gasteiger partial charge in [-0.3, -0.25) is 9.69 Å². The fourth-order valence-corrected chi connectivity index (χ4v) is 3.44. The van der Waals surface area contributed by atoms with Crippen molar-refractivity contribution in [2.45, 2.75) is 6.42 Å². The number of piperazine rings is 1. The van der Waals surface area contributed by atoms with E-state index in [0.29, 0.717) is 48.4 Å². The summed E-state index contributed by atoms with van der Waals surface area (Å²) < 4.78 is 28.5. The number of rotatable bonds is 5. The summed E-state index contributed by atoms with van der Waals surface area (Å²) in [6, 6.07) is 10.9. The van der Waals surface area contributed by atoms with Gasteiger partial charge in [-0.25, -0.2) is 8.78 Å². The number of carbonyl (C=O) groups excluding carboxylic acids is 1. The van der Waals surface area contributed by atoms with Gasteiger partial charge in [0.25, 0.3) is 0 Å². The molecule has 1 aliphatic rings. The van der Waals surface area contributed by atoms with Crippen LogP contribution in [-0.2, 0) is 4.79 Å². The Hall–Kier alpha value is -2.50. The third-order valence-electron chi connectivity index (χ3n) is 4.65. The topological polar surface area (TPSA) is 59.4 Å². The lowest BCUT2D eigenvalue weighted by Crippen LogP contribution is -2.47. The van der Waals surface area contributed by atoms with Gasteiger partial charge >= 0.3 is 0 Å². The maximum Gasteiger partial charge on any atom is 0.225 e. The van der Waals surface area contributed by atoms with Gasteiger partial charge in [0, 0.05) is 43.6 Å². The average Bonchev–Trinajstić information content (AvgIpc) is 2.69. The molecule has 1 fully saturated rings. The number of anilines is 2. The molecule has 2 aromatic rings.